The second-order valence-corrected chi connectivity index (χ2v) is 3.62. The van der Waals surface area contributed by atoms with Crippen molar-refractivity contribution >= 4 is 11.3 Å². The van der Waals surface area contributed by atoms with Gasteiger partial charge in [-0.1, -0.05) is 0 Å². The molecule has 2 rings (SSSR count). The monoisotopic (exact) mass is 207 g/mol. The quantitative estimate of drug-likeness (QED) is 0.807. The van der Waals surface area contributed by atoms with Crippen molar-refractivity contribution in [2.75, 3.05) is 0 Å². The van der Waals surface area contributed by atoms with E-state index in [9.17, 15) is 5.11 Å². The van der Waals surface area contributed by atoms with Gasteiger partial charge in [-0.2, -0.15) is 0 Å². The molecule has 0 fully saturated rings. The Hall–Kier alpha value is -1.33. The third kappa shape index (κ3) is 1.78. The minimum atomic E-state index is -0.769. The molecule has 2 aromatic heterocycles. The van der Waals surface area contributed by atoms with E-state index in [1.807, 2.05) is 6.92 Å². The average molecular weight is 207 g/mol. The number of aliphatic hydroxyl groups is 1. The van der Waals surface area contributed by atoms with E-state index >= 15 is 0 Å². The summed E-state index contributed by atoms with van der Waals surface area (Å²) < 4.78 is 0. The van der Waals surface area contributed by atoms with Crippen LogP contribution in [0.3, 0.4) is 0 Å². The zero-order valence-electron chi connectivity index (χ0n) is 7.58. The van der Waals surface area contributed by atoms with E-state index in [-0.39, 0.29) is 0 Å². The predicted octanol–water partition coefficient (Wildman–Crippen LogP) is 1.32. The van der Waals surface area contributed by atoms with Crippen LogP contribution < -0.4 is 0 Å². The highest BCUT2D eigenvalue weighted by atomic mass is 32.1. The third-order valence-corrected chi connectivity index (χ3v) is 2.42. The zero-order chi connectivity index (χ0) is 9.97. The highest BCUT2D eigenvalue weighted by molar-refractivity contribution is 7.07. The SMILES string of the molecule is Cc1cnc(C(O)c2cscn2)cn1. The molecule has 1 N–H and O–H groups in total. The highest BCUT2D eigenvalue weighted by Gasteiger charge is 2.13. The van der Waals surface area contributed by atoms with Gasteiger partial charge in [0.05, 0.1) is 28.8 Å². The lowest BCUT2D eigenvalue weighted by Crippen LogP contribution is -2.03. The van der Waals surface area contributed by atoms with E-state index in [1.165, 1.54) is 11.3 Å². The smallest absolute Gasteiger partial charge is 0.140 e. The Morgan fingerprint density at radius 1 is 1.21 bits per heavy atom. The van der Waals surface area contributed by atoms with Crippen LogP contribution in [-0.2, 0) is 0 Å². The van der Waals surface area contributed by atoms with Gasteiger partial charge < -0.3 is 5.11 Å². The van der Waals surface area contributed by atoms with Crippen LogP contribution in [0, 0.1) is 6.92 Å². The highest BCUT2D eigenvalue weighted by Crippen LogP contribution is 2.18. The molecule has 0 radical (unpaired) electrons. The van der Waals surface area contributed by atoms with E-state index in [1.54, 1.807) is 23.3 Å². The Kier molecular flexibility index (Phi) is 2.51. The fourth-order valence-electron chi connectivity index (χ4n) is 1.05. The molecule has 5 heteroatoms. The van der Waals surface area contributed by atoms with Gasteiger partial charge >= 0.3 is 0 Å². The first kappa shape index (κ1) is 9.23. The van der Waals surface area contributed by atoms with Crippen LogP contribution in [0.2, 0.25) is 0 Å². The van der Waals surface area contributed by atoms with E-state index in [2.05, 4.69) is 15.0 Å². The first-order chi connectivity index (χ1) is 6.77. The number of rotatable bonds is 2. The maximum Gasteiger partial charge on any atom is 0.140 e. The van der Waals surface area contributed by atoms with Crippen LogP contribution in [0.5, 0.6) is 0 Å². The summed E-state index contributed by atoms with van der Waals surface area (Å²) in [6.45, 7) is 1.85. The molecule has 0 spiro atoms. The Labute approximate surface area is 85.3 Å². The summed E-state index contributed by atoms with van der Waals surface area (Å²) in [6.07, 6.45) is 2.43. The maximum absolute atomic E-state index is 9.81. The number of thiazole rings is 1. The number of aromatic nitrogens is 3. The lowest BCUT2D eigenvalue weighted by molar-refractivity contribution is 0.210. The molecule has 4 nitrogen and oxygen atoms in total. The van der Waals surface area contributed by atoms with Crippen molar-refractivity contribution < 1.29 is 5.11 Å². The maximum atomic E-state index is 9.81. The van der Waals surface area contributed by atoms with Crippen molar-refractivity contribution in [3.05, 3.63) is 40.4 Å². The van der Waals surface area contributed by atoms with E-state index in [0.717, 1.165) is 5.69 Å². The molecule has 0 saturated heterocycles. The lowest BCUT2D eigenvalue weighted by atomic mass is 10.2. The van der Waals surface area contributed by atoms with Gasteiger partial charge in [0.2, 0.25) is 0 Å². The predicted molar refractivity (Wildman–Crippen MR) is 52.9 cm³/mol. The van der Waals surface area contributed by atoms with Gasteiger partial charge in [0, 0.05) is 11.6 Å². The molecule has 0 aliphatic carbocycles. The standard InChI is InChI=1S/C9H9N3OS/c1-6-2-11-7(3-10-6)9(13)8-4-14-5-12-8/h2-5,9,13H,1H3. The minimum absolute atomic E-state index is 0.529. The van der Waals surface area contributed by atoms with Crippen LogP contribution in [0.4, 0.5) is 0 Å². The molecular formula is C9H9N3OS. The number of nitrogens with zero attached hydrogens (tertiary/aromatic N) is 3. The summed E-state index contributed by atoms with van der Waals surface area (Å²) in [6, 6.07) is 0. The average Bonchev–Trinajstić information content (AvgIpc) is 2.71. The number of hydrogen-bond donors (Lipinski definition) is 1. The topological polar surface area (TPSA) is 58.9 Å². The van der Waals surface area contributed by atoms with Crippen LogP contribution in [0.1, 0.15) is 23.2 Å². The number of aryl methyl sites for hydroxylation is 1. The first-order valence-corrected chi connectivity index (χ1v) is 5.06. The molecule has 0 bridgehead atoms. The van der Waals surface area contributed by atoms with Crippen molar-refractivity contribution in [3.8, 4) is 0 Å². The summed E-state index contributed by atoms with van der Waals surface area (Å²) in [5.41, 5.74) is 3.66. The molecule has 0 aromatic carbocycles. The molecule has 2 heterocycles. The van der Waals surface area contributed by atoms with Crippen molar-refractivity contribution in [1.29, 1.82) is 0 Å². The molecule has 1 unspecified atom stereocenters. The first-order valence-electron chi connectivity index (χ1n) is 4.12. The third-order valence-electron chi connectivity index (χ3n) is 1.81. The summed E-state index contributed by atoms with van der Waals surface area (Å²) in [5, 5.41) is 11.6. The summed E-state index contributed by atoms with van der Waals surface area (Å²) in [7, 11) is 0. The fraction of sp³-hybridized carbons (Fsp3) is 0.222. The molecule has 0 aliphatic rings. The summed E-state index contributed by atoms with van der Waals surface area (Å²) >= 11 is 1.45. The largest absolute Gasteiger partial charge is 0.380 e. The normalized spacial score (nSPS) is 12.7. The van der Waals surface area contributed by atoms with E-state index in [4.69, 9.17) is 0 Å². The van der Waals surface area contributed by atoms with Gasteiger partial charge in [0.15, 0.2) is 0 Å². The summed E-state index contributed by atoms with van der Waals surface area (Å²) in [4.78, 5) is 12.2. The van der Waals surface area contributed by atoms with E-state index < -0.39 is 6.10 Å². The Bertz CT molecular complexity index is 399. The van der Waals surface area contributed by atoms with Crippen LogP contribution in [0.15, 0.2) is 23.3 Å². The molecule has 1 atom stereocenters. The molecule has 2 aromatic rings. The Morgan fingerprint density at radius 2 is 2.07 bits per heavy atom. The molecule has 0 aliphatic heterocycles. The van der Waals surface area contributed by atoms with Crippen LogP contribution in [-0.4, -0.2) is 20.1 Å². The van der Waals surface area contributed by atoms with Crippen molar-refractivity contribution in [2.45, 2.75) is 13.0 Å². The van der Waals surface area contributed by atoms with Gasteiger partial charge in [-0.15, -0.1) is 11.3 Å². The van der Waals surface area contributed by atoms with Gasteiger partial charge in [-0.3, -0.25) is 9.97 Å². The van der Waals surface area contributed by atoms with Crippen molar-refractivity contribution in [2.24, 2.45) is 0 Å². The van der Waals surface area contributed by atoms with Gasteiger partial charge in [0.1, 0.15) is 6.10 Å². The van der Waals surface area contributed by atoms with Gasteiger partial charge in [-0.05, 0) is 6.92 Å². The van der Waals surface area contributed by atoms with Crippen LogP contribution in [0.25, 0.3) is 0 Å². The molecule has 72 valence electrons. The van der Waals surface area contributed by atoms with Gasteiger partial charge in [0.25, 0.3) is 0 Å². The number of aliphatic hydroxyl groups excluding tert-OH is 1. The van der Waals surface area contributed by atoms with Crippen molar-refractivity contribution in [3.63, 3.8) is 0 Å². The molecule has 14 heavy (non-hydrogen) atoms. The zero-order valence-corrected chi connectivity index (χ0v) is 8.40. The van der Waals surface area contributed by atoms with Gasteiger partial charge in [-0.25, -0.2) is 4.98 Å². The molecule has 0 amide bonds. The Morgan fingerprint density at radius 3 is 2.64 bits per heavy atom. The van der Waals surface area contributed by atoms with Crippen LogP contribution >= 0.6 is 11.3 Å². The lowest BCUT2D eigenvalue weighted by Gasteiger charge is -2.05. The minimum Gasteiger partial charge on any atom is -0.380 e. The van der Waals surface area contributed by atoms with Crippen molar-refractivity contribution in [1.82, 2.24) is 15.0 Å². The fourth-order valence-corrected chi connectivity index (χ4v) is 1.62. The molecule has 0 saturated carbocycles. The summed E-state index contributed by atoms with van der Waals surface area (Å²) in [5.74, 6) is 0. The molecular weight excluding hydrogens is 198 g/mol. The van der Waals surface area contributed by atoms with E-state index in [0.29, 0.717) is 11.4 Å². The Balaban J connectivity index is 2.28. The second kappa shape index (κ2) is 3.81. The number of hydrogen-bond acceptors (Lipinski definition) is 5. The second-order valence-electron chi connectivity index (χ2n) is 2.90.